The van der Waals surface area contributed by atoms with Crippen LogP contribution in [0.2, 0.25) is 0 Å². The van der Waals surface area contributed by atoms with Crippen LogP contribution in [0.25, 0.3) is 0 Å². The molecule has 105 valence electrons. The van der Waals surface area contributed by atoms with E-state index in [2.05, 4.69) is 0 Å². The Morgan fingerprint density at radius 2 is 1.78 bits per heavy atom. The Balaban J connectivity index is 1.94. The van der Waals surface area contributed by atoms with Crippen LogP contribution in [0, 0.1) is 0 Å². The Labute approximate surface area is 106 Å². The average molecular weight is 261 g/mol. The first-order valence-electron chi connectivity index (χ1n) is 6.57. The zero-order valence-electron chi connectivity index (χ0n) is 10.3. The maximum absolute atomic E-state index is 11.7. The number of hydrogen-bond acceptors (Lipinski definition) is 5. The van der Waals surface area contributed by atoms with Crippen LogP contribution in [0.15, 0.2) is 0 Å². The molecule has 0 aromatic rings. The van der Waals surface area contributed by atoms with Crippen LogP contribution < -0.4 is 0 Å². The Bertz CT molecular complexity index is 255. The molecule has 0 bridgehead atoms. The minimum atomic E-state index is -1.57. The molecule has 0 aromatic carbocycles. The molecule has 3 N–H and O–H groups in total. The first-order valence-corrected chi connectivity index (χ1v) is 6.57. The molecule has 6 heteroatoms. The van der Waals surface area contributed by atoms with Gasteiger partial charge in [-0.3, -0.25) is 0 Å². The molecule has 1 heterocycles. The third-order valence-electron chi connectivity index (χ3n) is 3.73. The van der Waals surface area contributed by atoms with Gasteiger partial charge >= 0.3 is 0 Å². The molecule has 18 heavy (non-hydrogen) atoms. The Morgan fingerprint density at radius 1 is 1.11 bits per heavy atom. The zero-order valence-corrected chi connectivity index (χ0v) is 10.3. The van der Waals surface area contributed by atoms with Crippen molar-refractivity contribution in [3.8, 4) is 0 Å². The number of aliphatic hydroxyl groups excluding tert-OH is 3. The third kappa shape index (κ3) is 3.01. The maximum Gasteiger partial charge on any atom is 0.220 e. The lowest BCUT2D eigenvalue weighted by molar-refractivity contribution is -0.320. The van der Waals surface area contributed by atoms with Crippen molar-refractivity contribution < 1.29 is 29.9 Å². The van der Waals surface area contributed by atoms with Crippen molar-refractivity contribution in [3.05, 3.63) is 0 Å². The number of hydrogen-bond donors (Lipinski definition) is 3. The highest BCUT2D eigenvalue weighted by atomic mass is 16.7. The van der Waals surface area contributed by atoms with Crippen LogP contribution in [0.1, 0.15) is 32.1 Å². The minimum absolute atomic E-state index is 0.0451. The summed E-state index contributed by atoms with van der Waals surface area (Å²) >= 11 is 0. The van der Waals surface area contributed by atoms with Crippen LogP contribution in [0.4, 0.5) is 0 Å². The molecule has 2 aliphatic rings. The molecule has 0 amide bonds. The van der Waals surface area contributed by atoms with Gasteiger partial charge in [-0.05, 0) is 12.8 Å². The van der Waals surface area contributed by atoms with Gasteiger partial charge in [0.1, 0.15) is 24.4 Å². The lowest BCUT2D eigenvalue weighted by atomic mass is 9.95. The molecule has 1 aliphatic carbocycles. The molecule has 1 radical (unpaired) electrons. The fourth-order valence-electron chi connectivity index (χ4n) is 2.62. The maximum atomic E-state index is 11.7. The minimum Gasteiger partial charge on any atom is -0.394 e. The fourth-order valence-corrected chi connectivity index (χ4v) is 2.62. The highest BCUT2D eigenvalue weighted by Gasteiger charge is 2.46. The van der Waals surface area contributed by atoms with Crippen molar-refractivity contribution >= 4 is 0 Å². The summed E-state index contributed by atoms with van der Waals surface area (Å²) < 4.78 is 10.5. The van der Waals surface area contributed by atoms with Crippen molar-refractivity contribution in [1.82, 2.24) is 0 Å². The van der Waals surface area contributed by atoms with E-state index in [1.165, 1.54) is 6.42 Å². The van der Waals surface area contributed by atoms with E-state index in [-0.39, 0.29) is 6.10 Å². The predicted molar refractivity (Wildman–Crippen MR) is 60.2 cm³/mol. The molecule has 2 rings (SSSR count). The monoisotopic (exact) mass is 261 g/mol. The van der Waals surface area contributed by atoms with E-state index in [0.717, 1.165) is 25.7 Å². The van der Waals surface area contributed by atoms with E-state index >= 15 is 0 Å². The van der Waals surface area contributed by atoms with Gasteiger partial charge in [-0.15, -0.1) is 0 Å². The highest BCUT2D eigenvalue weighted by molar-refractivity contribution is 4.90. The smallest absolute Gasteiger partial charge is 0.220 e. The normalized spacial score (nSPS) is 43.0. The summed E-state index contributed by atoms with van der Waals surface area (Å²) in [4.78, 5) is 0. The molecule has 2 fully saturated rings. The van der Waals surface area contributed by atoms with Gasteiger partial charge in [-0.1, -0.05) is 19.3 Å². The molecule has 1 unspecified atom stereocenters. The van der Waals surface area contributed by atoms with Crippen molar-refractivity contribution in [2.45, 2.75) is 68.9 Å². The summed E-state index contributed by atoms with van der Waals surface area (Å²) in [6.07, 6.45) is -1.28. The standard InChI is InChI=1S/C12H21O6/c13-6-8-9(14)10(15)11(12(16)18-8)17-7-4-2-1-3-5-7/h7-15H,1-6H2/t8-,9-,10+,11-,12?/m1/s1. The highest BCUT2D eigenvalue weighted by Crippen LogP contribution is 2.28. The van der Waals surface area contributed by atoms with E-state index in [1.807, 2.05) is 0 Å². The first-order chi connectivity index (χ1) is 8.63. The summed E-state index contributed by atoms with van der Waals surface area (Å²) in [7, 11) is 0. The Hall–Kier alpha value is -0.240. The van der Waals surface area contributed by atoms with Crippen LogP contribution in [-0.2, 0) is 14.6 Å². The summed E-state index contributed by atoms with van der Waals surface area (Å²) in [5, 5.41) is 40.3. The van der Waals surface area contributed by atoms with Crippen LogP contribution in [-0.4, -0.2) is 58.7 Å². The molecule has 5 atom stereocenters. The summed E-state index contributed by atoms with van der Waals surface area (Å²) in [5.41, 5.74) is 0. The van der Waals surface area contributed by atoms with Gasteiger partial charge in [0.2, 0.25) is 6.29 Å². The van der Waals surface area contributed by atoms with Crippen LogP contribution in [0.3, 0.4) is 0 Å². The van der Waals surface area contributed by atoms with E-state index in [0.29, 0.717) is 0 Å². The van der Waals surface area contributed by atoms with Gasteiger partial charge < -0.3 is 24.8 Å². The summed E-state index contributed by atoms with van der Waals surface area (Å²) in [6, 6.07) is 0. The topological polar surface area (TPSA) is 99.1 Å². The van der Waals surface area contributed by atoms with Gasteiger partial charge in [0.15, 0.2) is 0 Å². The van der Waals surface area contributed by atoms with Gasteiger partial charge in [-0.25, -0.2) is 0 Å². The largest absolute Gasteiger partial charge is 0.394 e. The molecular formula is C12H21O6. The molecule has 6 nitrogen and oxygen atoms in total. The molecular weight excluding hydrogens is 240 g/mol. The van der Waals surface area contributed by atoms with Crippen molar-refractivity contribution in [1.29, 1.82) is 0 Å². The van der Waals surface area contributed by atoms with Crippen LogP contribution in [0.5, 0.6) is 0 Å². The third-order valence-corrected chi connectivity index (χ3v) is 3.73. The number of rotatable bonds is 3. The van der Waals surface area contributed by atoms with E-state index < -0.39 is 37.3 Å². The first kappa shape index (κ1) is 14.2. The summed E-state index contributed by atoms with van der Waals surface area (Å²) in [6.45, 7) is -0.493. The molecule has 0 spiro atoms. The number of aliphatic hydroxyl groups is 3. The van der Waals surface area contributed by atoms with E-state index in [4.69, 9.17) is 14.6 Å². The second-order valence-electron chi connectivity index (χ2n) is 5.07. The second kappa shape index (κ2) is 6.27. The molecule has 1 aliphatic heterocycles. The quantitative estimate of drug-likeness (QED) is 0.640. The molecule has 1 saturated heterocycles. The van der Waals surface area contributed by atoms with Gasteiger partial charge in [-0.2, -0.15) is 5.11 Å². The Morgan fingerprint density at radius 3 is 2.39 bits per heavy atom. The molecule has 0 aromatic heterocycles. The second-order valence-corrected chi connectivity index (χ2v) is 5.07. The average Bonchev–Trinajstić information content (AvgIpc) is 2.40. The van der Waals surface area contributed by atoms with Crippen molar-refractivity contribution in [3.63, 3.8) is 0 Å². The summed E-state index contributed by atoms with van der Waals surface area (Å²) in [5.74, 6) is 0. The SMILES string of the molecule is [O]C1O[C@H](CO)[C@@H](O)[C@H](O)[C@H]1OC1CCCCC1. The van der Waals surface area contributed by atoms with Gasteiger partial charge in [0, 0.05) is 0 Å². The lowest BCUT2D eigenvalue weighted by Gasteiger charge is -2.40. The van der Waals surface area contributed by atoms with Crippen LogP contribution >= 0.6 is 0 Å². The predicted octanol–water partition coefficient (Wildman–Crippen LogP) is -0.426. The molecule has 1 saturated carbocycles. The van der Waals surface area contributed by atoms with Crippen molar-refractivity contribution in [2.24, 2.45) is 0 Å². The number of ether oxygens (including phenoxy) is 2. The Kier molecular flexibility index (Phi) is 4.94. The van der Waals surface area contributed by atoms with E-state index in [1.54, 1.807) is 0 Å². The fraction of sp³-hybridized carbons (Fsp3) is 1.00. The van der Waals surface area contributed by atoms with E-state index in [9.17, 15) is 15.3 Å². The zero-order chi connectivity index (χ0) is 13.1. The van der Waals surface area contributed by atoms with Crippen molar-refractivity contribution in [2.75, 3.05) is 6.61 Å². The lowest BCUT2D eigenvalue weighted by Crippen LogP contribution is -2.59. The van der Waals surface area contributed by atoms with Gasteiger partial charge in [0.25, 0.3) is 0 Å². The van der Waals surface area contributed by atoms with Gasteiger partial charge in [0.05, 0.1) is 12.7 Å².